The van der Waals surface area contributed by atoms with Crippen LogP contribution in [0.5, 0.6) is 0 Å². The molecule has 1 saturated heterocycles. The third-order valence-corrected chi connectivity index (χ3v) is 4.91. The lowest BCUT2D eigenvalue weighted by molar-refractivity contribution is 0.00578. The Kier molecular flexibility index (Phi) is 3.26. The molecule has 0 radical (unpaired) electrons. The normalized spacial score (nSPS) is 24.1. The van der Waals surface area contributed by atoms with Crippen LogP contribution in [0.15, 0.2) is 18.2 Å². The SMILES string of the molecule is Cc1cc(CC2CC2)cc(B2OC(C)(C)C(C)(C)O2)c1. The molecule has 108 valence electrons. The maximum atomic E-state index is 6.16. The Balaban J connectivity index is 1.85. The summed E-state index contributed by atoms with van der Waals surface area (Å²) in [5.74, 6) is 0.906. The van der Waals surface area contributed by atoms with Crippen molar-refractivity contribution in [2.24, 2.45) is 5.92 Å². The lowest BCUT2D eigenvalue weighted by atomic mass is 9.77. The molecule has 20 heavy (non-hydrogen) atoms. The largest absolute Gasteiger partial charge is 0.494 e. The third-order valence-electron chi connectivity index (χ3n) is 4.91. The van der Waals surface area contributed by atoms with Crippen LogP contribution in [-0.4, -0.2) is 18.3 Å². The Labute approximate surface area is 123 Å². The highest BCUT2D eigenvalue weighted by atomic mass is 16.7. The molecule has 2 aliphatic rings. The van der Waals surface area contributed by atoms with Gasteiger partial charge in [-0.15, -0.1) is 0 Å². The van der Waals surface area contributed by atoms with Gasteiger partial charge in [0, 0.05) is 0 Å². The Bertz CT molecular complexity index is 502. The monoisotopic (exact) mass is 272 g/mol. The zero-order valence-corrected chi connectivity index (χ0v) is 13.3. The molecule has 0 atom stereocenters. The molecule has 2 fully saturated rings. The van der Waals surface area contributed by atoms with Gasteiger partial charge in [-0.1, -0.05) is 23.8 Å². The summed E-state index contributed by atoms with van der Waals surface area (Å²) >= 11 is 0. The maximum Gasteiger partial charge on any atom is 0.494 e. The van der Waals surface area contributed by atoms with Gasteiger partial charge in [-0.25, -0.2) is 0 Å². The van der Waals surface area contributed by atoms with E-state index < -0.39 is 0 Å². The van der Waals surface area contributed by atoms with Gasteiger partial charge in [0.15, 0.2) is 0 Å². The van der Waals surface area contributed by atoms with Gasteiger partial charge >= 0.3 is 7.12 Å². The maximum absolute atomic E-state index is 6.16. The van der Waals surface area contributed by atoms with Crippen molar-refractivity contribution < 1.29 is 9.31 Å². The summed E-state index contributed by atoms with van der Waals surface area (Å²) in [6.45, 7) is 10.6. The van der Waals surface area contributed by atoms with E-state index in [1.165, 1.54) is 35.9 Å². The van der Waals surface area contributed by atoms with Crippen LogP contribution < -0.4 is 5.46 Å². The van der Waals surface area contributed by atoms with Gasteiger partial charge in [0.25, 0.3) is 0 Å². The first-order valence-corrected chi connectivity index (χ1v) is 7.73. The van der Waals surface area contributed by atoms with E-state index in [2.05, 4.69) is 52.8 Å². The van der Waals surface area contributed by atoms with Gasteiger partial charge in [0.2, 0.25) is 0 Å². The molecular weight excluding hydrogens is 247 g/mol. The molecule has 3 rings (SSSR count). The van der Waals surface area contributed by atoms with Crippen molar-refractivity contribution >= 4 is 12.6 Å². The van der Waals surface area contributed by atoms with Crippen LogP contribution in [0.4, 0.5) is 0 Å². The van der Waals surface area contributed by atoms with E-state index in [1.54, 1.807) is 0 Å². The quantitative estimate of drug-likeness (QED) is 0.786. The topological polar surface area (TPSA) is 18.5 Å². The van der Waals surface area contributed by atoms with Crippen LogP contribution in [0.2, 0.25) is 0 Å². The van der Waals surface area contributed by atoms with E-state index in [0.29, 0.717) is 0 Å². The number of benzene rings is 1. The average molecular weight is 272 g/mol. The Morgan fingerprint density at radius 2 is 1.65 bits per heavy atom. The van der Waals surface area contributed by atoms with Crippen molar-refractivity contribution in [3.05, 3.63) is 29.3 Å². The second-order valence-electron chi connectivity index (χ2n) is 7.49. The fourth-order valence-electron chi connectivity index (χ4n) is 2.78. The minimum Gasteiger partial charge on any atom is -0.399 e. The summed E-state index contributed by atoms with van der Waals surface area (Å²) in [7, 11) is -0.238. The van der Waals surface area contributed by atoms with Gasteiger partial charge in [-0.05, 0) is 70.8 Å². The van der Waals surface area contributed by atoms with Crippen LogP contribution in [0, 0.1) is 12.8 Å². The molecule has 1 heterocycles. The summed E-state index contributed by atoms with van der Waals surface area (Å²) in [6, 6.07) is 6.76. The van der Waals surface area contributed by atoms with E-state index in [1.807, 2.05) is 0 Å². The second kappa shape index (κ2) is 4.61. The molecule has 0 unspecified atom stereocenters. The molecule has 0 spiro atoms. The standard InChI is InChI=1S/C17H25BO2/c1-12-8-14(10-13-6-7-13)11-15(9-12)18-19-16(2,3)17(4,5)20-18/h8-9,11,13H,6-7,10H2,1-5H3. The molecule has 0 aromatic heterocycles. The van der Waals surface area contributed by atoms with Crippen molar-refractivity contribution in [2.45, 2.75) is 65.1 Å². The highest BCUT2D eigenvalue weighted by molar-refractivity contribution is 6.62. The first-order valence-electron chi connectivity index (χ1n) is 7.73. The van der Waals surface area contributed by atoms with Crippen molar-refractivity contribution in [3.8, 4) is 0 Å². The second-order valence-corrected chi connectivity index (χ2v) is 7.49. The van der Waals surface area contributed by atoms with Crippen LogP contribution >= 0.6 is 0 Å². The van der Waals surface area contributed by atoms with Gasteiger partial charge in [-0.2, -0.15) is 0 Å². The van der Waals surface area contributed by atoms with Gasteiger partial charge < -0.3 is 9.31 Å². The van der Waals surface area contributed by atoms with Crippen LogP contribution in [0.3, 0.4) is 0 Å². The molecule has 0 bridgehead atoms. The Hall–Kier alpha value is -0.795. The number of hydrogen-bond donors (Lipinski definition) is 0. The van der Waals surface area contributed by atoms with Crippen molar-refractivity contribution in [1.29, 1.82) is 0 Å². The fraction of sp³-hybridized carbons (Fsp3) is 0.647. The van der Waals surface area contributed by atoms with Gasteiger partial charge in [0.05, 0.1) is 11.2 Å². The van der Waals surface area contributed by atoms with E-state index >= 15 is 0 Å². The van der Waals surface area contributed by atoms with E-state index in [-0.39, 0.29) is 18.3 Å². The molecule has 1 aromatic rings. The summed E-state index contributed by atoms with van der Waals surface area (Å²) in [5, 5.41) is 0. The Morgan fingerprint density at radius 3 is 2.20 bits per heavy atom. The van der Waals surface area contributed by atoms with Crippen LogP contribution in [0.1, 0.15) is 51.7 Å². The number of aryl methyl sites for hydroxylation is 1. The van der Waals surface area contributed by atoms with Crippen molar-refractivity contribution in [1.82, 2.24) is 0 Å². The fourth-order valence-corrected chi connectivity index (χ4v) is 2.78. The smallest absolute Gasteiger partial charge is 0.399 e. The zero-order valence-electron chi connectivity index (χ0n) is 13.3. The van der Waals surface area contributed by atoms with Crippen molar-refractivity contribution in [2.75, 3.05) is 0 Å². The van der Waals surface area contributed by atoms with Crippen molar-refractivity contribution in [3.63, 3.8) is 0 Å². The number of rotatable bonds is 3. The molecule has 1 aliphatic carbocycles. The summed E-state index contributed by atoms with van der Waals surface area (Å²) in [4.78, 5) is 0. The van der Waals surface area contributed by atoms with Crippen LogP contribution in [-0.2, 0) is 15.7 Å². The highest BCUT2D eigenvalue weighted by Gasteiger charge is 2.51. The zero-order chi connectivity index (χ0) is 14.5. The average Bonchev–Trinajstić information content (AvgIpc) is 3.06. The molecular formula is C17H25BO2. The van der Waals surface area contributed by atoms with E-state index in [0.717, 1.165) is 5.92 Å². The first kappa shape index (κ1) is 14.2. The lowest BCUT2D eigenvalue weighted by Crippen LogP contribution is -2.41. The summed E-state index contributed by atoms with van der Waals surface area (Å²) < 4.78 is 12.3. The minimum absolute atomic E-state index is 0.238. The minimum atomic E-state index is -0.266. The molecule has 2 nitrogen and oxygen atoms in total. The first-order chi connectivity index (χ1) is 9.27. The predicted octanol–water partition coefficient (Wildman–Crippen LogP) is 3.25. The number of hydrogen-bond acceptors (Lipinski definition) is 2. The third kappa shape index (κ3) is 2.66. The van der Waals surface area contributed by atoms with E-state index in [4.69, 9.17) is 9.31 Å². The summed E-state index contributed by atoms with van der Waals surface area (Å²) in [5.41, 5.74) is 3.36. The molecule has 1 aliphatic heterocycles. The van der Waals surface area contributed by atoms with Gasteiger partial charge in [-0.3, -0.25) is 0 Å². The summed E-state index contributed by atoms with van der Waals surface area (Å²) in [6.07, 6.45) is 3.98. The van der Waals surface area contributed by atoms with Gasteiger partial charge in [0.1, 0.15) is 0 Å². The lowest BCUT2D eigenvalue weighted by Gasteiger charge is -2.32. The Morgan fingerprint density at radius 1 is 1.05 bits per heavy atom. The molecule has 1 saturated carbocycles. The van der Waals surface area contributed by atoms with E-state index in [9.17, 15) is 0 Å². The van der Waals surface area contributed by atoms with Crippen LogP contribution in [0.25, 0.3) is 0 Å². The molecule has 0 N–H and O–H groups in total. The molecule has 1 aromatic carbocycles. The molecule has 0 amide bonds. The molecule has 3 heteroatoms. The highest BCUT2D eigenvalue weighted by Crippen LogP contribution is 2.37. The predicted molar refractivity (Wildman–Crippen MR) is 83.3 cm³/mol.